The molecule has 0 saturated carbocycles. The summed E-state index contributed by atoms with van der Waals surface area (Å²) in [7, 11) is -5.89. The van der Waals surface area contributed by atoms with Crippen LogP contribution in [0, 0.1) is 11.6 Å². The van der Waals surface area contributed by atoms with Gasteiger partial charge in [0, 0.05) is 0 Å². The second-order valence-corrected chi connectivity index (χ2v) is 8.81. The van der Waals surface area contributed by atoms with Gasteiger partial charge in [0.2, 0.25) is 5.88 Å². The molecule has 3 aromatic rings. The average molecular weight is 463 g/mol. The summed E-state index contributed by atoms with van der Waals surface area (Å²) in [6, 6.07) is 10.6. The Balaban J connectivity index is 2.11. The molecule has 0 aliphatic carbocycles. The van der Waals surface area contributed by atoms with E-state index in [1.807, 2.05) is 0 Å². The number of hydrogen-bond acceptors (Lipinski definition) is 5. The van der Waals surface area contributed by atoms with E-state index in [0.717, 1.165) is 11.3 Å². The molecule has 1 aromatic heterocycles. The van der Waals surface area contributed by atoms with Crippen LogP contribution >= 0.6 is 11.3 Å². The number of aryl methyl sites for hydroxylation is 1. The molecule has 11 heteroatoms. The summed E-state index contributed by atoms with van der Waals surface area (Å²) in [4.78, 5) is 4.19. The van der Waals surface area contributed by atoms with Crippen molar-refractivity contribution in [2.24, 2.45) is 0 Å². The van der Waals surface area contributed by atoms with Crippen LogP contribution in [0.25, 0.3) is 0 Å². The molecule has 0 amide bonds. The lowest BCUT2D eigenvalue weighted by molar-refractivity contribution is -0.0501. The molecule has 0 radical (unpaired) electrons. The van der Waals surface area contributed by atoms with E-state index < -0.39 is 39.1 Å². The van der Waals surface area contributed by atoms with Crippen LogP contribution in [-0.4, -0.2) is 18.9 Å². The fourth-order valence-corrected chi connectivity index (χ4v) is 4.29. The first-order chi connectivity index (χ1) is 14.0. The normalized spacial score (nSPS) is 12.4. The Morgan fingerprint density at radius 2 is 1.43 bits per heavy atom. The van der Waals surface area contributed by atoms with Crippen molar-refractivity contribution in [2.45, 2.75) is 24.8 Å². The van der Waals surface area contributed by atoms with Gasteiger partial charge in [-0.15, -0.1) is 11.3 Å². The molecule has 0 saturated heterocycles. The third kappa shape index (κ3) is 4.62. The van der Waals surface area contributed by atoms with Gasteiger partial charge in [-0.1, -0.05) is 31.2 Å². The van der Waals surface area contributed by atoms with Crippen LogP contribution in [0.2, 0.25) is 0 Å². The molecule has 0 spiro atoms. The topological polar surface area (TPSA) is 56.3 Å². The zero-order valence-corrected chi connectivity index (χ0v) is 16.9. The molecular formula is C19H14F5NO3S2. The molecule has 1 heterocycles. The lowest BCUT2D eigenvalue weighted by Crippen LogP contribution is -2.28. The van der Waals surface area contributed by atoms with Crippen molar-refractivity contribution in [2.75, 3.05) is 0 Å². The monoisotopic (exact) mass is 463 g/mol. The Hall–Kier alpha value is -2.53. The van der Waals surface area contributed by atoms with Gasteiger partial charge >= 0.3 is 15.6 Å². The van der Waals surface area contributed by atoms with Gasteiger partial charge in [0.1, 0.15) is 16.6 Å². The maximum atomic E-state index is 13.4. The predicted octanol–water partition coefficient (Wildman–Crippen LogP) is 5.39. The quantitative estimate of drug-likeness (QED) is 0.279. The van der Waals surface area contributed by atoms with Crippen LogP contribution in [0.5, 0.6) is 5.88 Å². The Morgan fingerprint density at radius 1 is 0.967 bits per heavy atom. The van der Waals surface area contributed by atoms with Gasteiger partial charge in [-0.3, -0.25) is 0 Å². The number of thiazole rings is 1. The van der Waals surface area contributed by atoms with Gasteiger partial charge in [-0.05, 0) is 41.8 Å². The Kier molecular flexibility index (Phi) is 6.14. The van der Waals surface area contributed by atoms with Crippen molar-refractivity contribution < 1.29 is 34.6 Å². The lowest BCUT2D eigenvalue weighted by atomic mass is 9.92. The van der Waals surface area contributed by atoms with Gasteiger partial charge in [-0.2, -0.15) is 21.6 Å². The number of aromatic nitrogens is 1. The zero-order valence-electron chi connectivity index (χ0n) is 15.3. The molecule has 3 rings (SSSR count). The highest BCUT2D eigenvalue weighted by molar-refractivity contribution is 7.88. The van der Waals surface area contributed by atoms with E-state index in [4.69, 9.17) is 0 Å². The third-order valence-corrected chi connectivity index (χ3v) is 6.31. The third-order valence-electron chi connectivity index (χ3n) is 4.12. The summed E-state index contributed by atoms with van der Waals surface area (Å²) >= 11 is 0.962. The molecule has 2 aromatic carbocycles. The first kappa shape index (κ1) is 22.2. The second-order valence-electron chi connectivity index (χ2n) is 6.15. The first-order valence-corrected chi connectivity index (χ1v) is 10.8. The molecule has 160 valence electrons. The number of alkyl halides is 3. The van der Waals surface area contributed by atoms with Gasteiger partial charge in [-0.25, -0.2) is 13.8 Å². The van der Waals surface area contributed by atoms with Crippen LogP contribution in [0.3, 0.4) is 0 Å². The molecule has 0 N–H and O–H groups in total. The lowest BCUT2D eigenvalue weighted by Gasteiger charge is -2.15. The summed E-state index contributed by atoms with van der Waals surface area (Å²) in [6.07, 6.45) is 0.167. The number of rotatable bonds is 6. The summed E-state index contributed by atoms with van der Waals surface area (Å²) in [5.41, 5.74) is -4.54. The van der Waals surface area contributed by atoms with E-state index in [1.165, 1.54) is 48.5 Å². The number of halogens is 5. The van der Waals surface area contributed by atoms with Gasteiger partial charge < -0.3 is 4.18 Å². The maximum absolute atomic E-state index is 13.4. The molecule has 0 aliphatic heterocycles. The molecule has 0 atom stereocenters. The first-order valence-electron chi connectivity index (χ1n) is 8.53. The molecular weight excluding hydrogens is 449 g/mol. The van der Waals surface area contributed by atoms with Gasteiger partial charge in [0.05, 0.1) is 10.8 Å². The highest BCUT2D eigenvalue weighted by Crippen LogP contribution is 2.39. The Labute approximate surface area is 173 Å². The predicted molar refractivity (Wildman–Crippen MR) is 101 cm³/mol. The SMILES string of the molecule is CCc1sc(C(c2ccc(F)cc2)c2ccc(F)cc2)nc1OS(=O)(=O)C(F)(F)F. The second kappa shape index (κ2) is 8.31. The van der Waals surface area contributed by atoms with Crippen LogP contribution in [0.4, 0.5) is 22.0 Å². The standard InChI is InChI=1S/C19H14F5NO3S2/c1-2-15-17(28-30(26,27)19(22,23)24)25-18(29-15)16(11-3-7-13(20)8-4-11)12-5-9-14(21)10-6-12/h3-10,16H,2H2,1H3. The van der Waals surface area contributed by atoms with Crippen LogP contribution in [0.15, 0.2) is 48.5 Å². The zero-order chi connectivity index (χ0) is 22.1. The molecule has 0 fully saturated rings. The summed E-state index contributed by atoms with van der Waals surface area (Å²) in [5.74, 6) is -2.35. The van der Waals surface area contributed by atoms with E-state index in [0.29, 0.717) is 11.1 Å². The van der Waals surface area contributed by atoms with Gasteiger partial charge in [0.15, 0.2) is 0 Å². The van der Waals surface area contributed by atoms with E-state index in [2.05, 4.69) is 9.17 Å². The van der Waals surface area contributed by atoms with Crippen molar-refractivity contribution >= 4 is 21.5 Å². The molecule has 30 heavy (non-hydrogen) atoms. The van der Waals surface area contributed by atoms with E-state index in [1.54, 1.807) is 6.92 Å². The fraction of sp³-hybridized carbons (Fsp3) is 0.211. The largest absolute Gasteiger partial charge is 0.534 e. The smallest absolute Gasteiger partial charge is 0.354 e. The molecule has 0 unspecified atom stereocenters. The van der Waals surface area contributed by atoms with Crippen molar-refractivity contribution in [3.8, 4) is 5.88 Å². The molecule has 0 aliphatic rings. The highest BCUT2D eigenvalue weighted by Gasteiger charge is 2.49. The summed E-state index contributed by atoms with van der Waals surface area (Å²) in [6.45, 7) is 1.61. The molecule has 4 nitrogen and oxygen atoms in total. The number of nitrogens with zero attached hydrogens (tertiary/aromatic N) is 1. The fourth-order valence-electron chi connectivity index (χ4n) is 2.71. The average Bonchev–Trinajstić information content (AvgIpc) is 3.06. The van der Waals surface area contributed by atoms with E-state index >= 15 is 0 Å². The van der Waals surface area contributed by atoms with Crippen molar-refractivity contribution in [1.82, 2.24) is 4.98 Å². The minimum atomic E-state index is -5.89. The number of hydrogen-bond donors (Lipinski definition) is 0. The Bertz CT molecular complexity index is 1080. The van der Waals surface area contributed by atoms with Crippen LogP contribution in [-0.2, 0) is 16.5 Å². The van der Waals surface area contributed by atoms with Crippen molar-refractivity contribution in [3.05, 3.63) is 81.2 Å². The van der Waals surface area contributed by atoms with Crippen LogP contribution in [0.1, 0.15) is 33.9 Å². The van der Waals surface area contributed by atoms with Gasteiger partial charge in [0.25, 0.3) is 0 Å². The van der Waals surface area contributed by atoms with Crippen molar-refractivity contribution in [3.63, 3.8) is 0 Å². The summed E-state index contributed by atoms with van der Waals surface area (Å²) < 4.78 is 92.0. The highest BCUT2D eigenvalue weighted by atomic mass is 32.2. The van der Waals surface area contributed by atoms with Crippen molar-refractivity contribution in [1.29, 1.82) is 0 Å². The van der Waals surface area contributed by atoms with E-state index in [-0.39, 0.29) is 16.3 Å². The number of benzene rings is 2. The maximum Gasteiger partial charge on any atom is 0.534 e. The molecule has 0 bridgehead atoms. The van der Waals surface area contributed by atoms with E-state index in [9.17, 15) is 30.4 Å². The Morgan fingerprint density at radius 3 is 1.83 bits per heavy atom. The summed E-state index contributed by atoms with van der Waals surface area (Å²) in [5, 5.41) is 0.220. The van der Waals surface area contributed by atoms with Crippen LogP contribution < -0.4 is 4.18 Å². The minimum absolute atomic E-state index is 0.167. The minimum Gasteiger partial charge on any atom is -0.354 e.